The van der Waals surface area contributed by atoms with E-state index in [4.69, 9.17) is 0 Å². The molecule has 0 aromatic carbocycles. The first-order chi connectivity index (χ1) is 6.77. The van der Waals surface area contributed by atoms with Crippen LogP contribution in [0.4, 0.5) is 0 Å². The van der Waals surface area contributed by atoms with E-state index in [0.29, 0.717) is 0 Å². The molecule has 2 heterocycles. The number of nitrogens with zero attached hydrogens (tertiary/aromatic N) is 2. The maximum Gasteiger partial charge on any atom is 0.0854 e. The van der Waals surface area contributed by atoms with E-state index in [2.05, 4.69) is 34.8 Å². The second-order valence-electron chi connectivity index (χ2n) is 4.01. The van der Waals surface area contributed by atoms with E-state index in [1.54, 1.807) is 11.3 Å². The molecule has 1 fully saturated rings. The lowest BCUT2D eigenvalue weighted by Crippen LogP contribution is -2.39. The van der Waals surface area contributed by atoms with E-state index < -0.39 is 0 Å². The third-order valence-electron chi connectivity index (χ3n) is 3.13. The fourth-order valence-electron chi connectivity index (χ4n) is 2.00. The normalized spacial score (nSPS) is 21.7. The number of hydrogen-bond acceptors (Lipinski definition) is 3. The molecule has 2 rings (SSSR count). The predicted molar refractivity (Wildman–Crippen MR) is 58.3 cm³/mol. The summed E-state index contributed by atoms with van der Waals surface area (Å²) in [5.41, 5.74) is 1.02. The Labute approximate surface area is 88.8 Å². The molecule has 1 aromatic rings. The second kappa shape index (κ2) is 3.72. The summed E-state index contributed by atoms with van der Waals surface area (Å²) in [5.74, 6) is 0. The van der Waals surface area contributed by atoms with Crippen molar-refractivity contribution < 1.29 is 0 Å². The summed E-state index contributed by atoms with van der Waals surface area (Å²) < 4.78 is 0. The number of hydrogen-bond donors (Lipinski definition) is 0. The average Bonchev–Trinajstić information content (AvgIpc) is 2.73. The van der Waals surface area contributed by atoms with E-state index >= 15 is 0 Å². The van der Waals surface area contributed by atoms with Crippen LogP contribution in [0.2, 0.25) is 0 Å². The van der Waals surface area contributed by atoms with Crippen molar-refractivity contribution in [1.29, 1.82) is 5.26 Å². The fourth-order valence-corrected chi connectivity index (χ4v) is 2.76. The number of nitriles is 1. The summed E-state index contributed by atoms with van der Waals surface area (Å²) in [7, 11) is 2.12. The molecule has 0 radical (unpaired) electrons. The van der Waals surface area contributed by atoms with Crippen molar-refractivity contribution in [1.82, 2.24) is 4.90 Å². The largest absolute Gasteiger partial charge is 0.306 e. The summed E-state index contributed by atoms with van der Waals surface area (Å²) in [6.07, 6.45) is 1.94. The minimum absolute atomic E-state index is 0.202. The second-order valence-corrected chi connectivity index (χ2v) is 4.79. The topological polar surface area (TPSA) is 27.0 Å². The smallest absolute Gasteiger partial charge is 0.0854 e. The molecule has 1 aromatic heterocycles. The lowest BCUT2D eigenvalue weighted by atomic mass is 9.75. The lowest BCUT2D eigenvalue weighted by molar-refractivity contribution is 0.222. The van der Waals surface area contributed by atoms with E-state index in [1.807, 2.05) is 0 Å². The van der Waals surface area contributed by atoms with E-state index in [-0.39, 0.29) is 5.41 Å². The third kappa shape index (κ3) is 1.56. The Morgan fingerprint density at radius 3 is 2.71 bits per heavy atom. The number of likely N-dealkylation sites (tertiary alicyclic amines) is 1. The van der Waals surface area contributed by atoms with Crippen molar-refractivity contribution in [2.75, 3.05) is 20.1 Å². The van der Waals surface area contributed by atoms with Crippen molar-refractivity contribution in [3.8, 4) is 6.07 Å². The van der Waals surface area contributed by atoms with Crippen LogP contribution in [-0.2, 0) is 5.41 Å². The van der Waals surface area contributed by atoms with Crippen LogP contribution in [0.3, 0.4) is 0 Å². The summed E-state index contributed by atoms with van der Waals surface area (Å²) in [6, 6.07) is 4.62. The first-order valence-corrected chi connectivity index (χ1v) is 5.84. The zero-order valence-corrected chi connectivity index (χ0v) is 9.18. The average molecular weight is 206 g/mol. The lowest BCUT2D eigenvalue weighted by Gasteiger charge is -2.35. The molecule has 0 unspecified atom stereocenters. The van der Waals surface area contributed by atoms with E-state index in [1.165, 1.54) is 5.56 Å². The van der Waals surface area contributed by atoms with Gasteiger partial charge in [-0.2, -0.15) is 16.6 Å². The van der Waals surface area contributed by atoms with Crippen LogP contribution in [0.15, 0.2) is 16.8 Å². The first kappa shape index (κ1) is 9.70. The minimum atomic E-state index is -0.202. The zero-order valence-electron chi connectivity index (χ0n) is 8.36. The van der Waals surface area contributed by atoms with Crippen LogP contribution >= 0.6 is 11.3 Å². The fraction of sp³-hybridized carbons (Fsp3) is 0.545. The highest BCUT2D eigenvalue weighted by Gasteiger charge is 2.35. The van der Waals surface area contributed by atoms with Crippen LogP contribution in [-0.4, -0.2) is 25.0 Å². The molecular formula is C11H14N2S. The maximum absolute atomic E-state index is 9.34. The van der Waals surface area contributed by atoms with Crippen LogP contribution in [0.1, 0.15) is 18.4 Å². The molecule has 0 amide bonds. The van der Waals surface area contributed by atoms with Crippen molar-refractivity contribution in [2.24, 2.45) is 0 Å². The monoisotopic (exact) mass is 206 g/mol. The summed E-state index contributed by atoms with van der Waals surface area (Å²) in [5, 5.41) is 13.5. The Hall–Kier alpha value is -0.850. The van der Waals surface area contributed by atoms with Gasteiger partial charge in [0.2, 0.25) is 0 Å². The van der Waals surface area contributed by atoms with Crippen LogP contribution in [0.25, 0.3) is 0 Å². The number of rotatable bonds is 1. The van der Waals surface area contributed by atoms with Gasteiger partial charge in [0.1, 0.15) is 0 Å². The molecule has 0 saturated carbocycles. The van der Waals surface area contributed by atoms with Gasteiger partial charge in [-0.25, -0.2) is 0 Å². The van der Waals surface area contributed by atoms with Crippen molar-refractivity contribution in [3.63, 3.8) is 0 Å². The van der Waals surface area contributed by atoms with Crippen LogP contribution in [0, 0.1) is 11.3 Å². The van der Waals surface area contributed by atoms with Crippen molar-refractivity contribution in [2.45, 2.75) is 18.3 Å². The summed E-state index contributed by atoms with van der Waals surface area (Å²) in [6.45, 7) is 2.06. The minimum Gasteiger partial charge on any atom is -0.306 e. The van der Waals surface area contributed by atoms with Gasteiger partial charge in [0, 0.05) is 0 Å². The molecule has 1 aliphatic rings. The Bertz CT molecular complexity index is 329. The van der Waals surface area contributed by atoms with Gasteiger partial charge in [-0.05, 0) is 55.4 Å². The van der Waals surface area contributed by atoms with Gasteiger partial charge in [-0.1, -0.05) is 0 Å². The molecule has 0 atom stereocenters. The van der Waals surface area contributed by atoms with Gasteiger partial charge >= 0.3 is 0 Å². The summed E-state index contributed by atoms with van der Waals surface area (Å²) >= 11 is 1.68. The van der Waals surface area contributed by atoms with Gasteiger partial charge in [-0.15, -0.1) is 0 Å². The van der Waals surface area contributed by atoms with Gasteiger partial charge in [0.05, 0.1) is 11.5 Å². The Kier molecular flexibility index (Phi) is 2.58. The Morgan fingerprint density at radius 1 is 1.50 bits per heavy atom. The van der Waals surface area contributed by atoms with Crippen LogP contribution < -0.4 is 0 Å². The Balaban J connectivity index is 2.24. The molecule has 3 heteroatoms. The number of piperidine rings is 1. The maximum atomic E-state index is 9.34. The molecule has 0 bridgehead atoms. The molecule has 1 saturated heterocycles. The van der Waals surface area contributed by atoms with Gasteiger partial charge in [0.15, 0.2) is 0 Å². The van der Waals surface area contributed by atoms with Gasteiger partial charge in [-0.3, -0.25) is 0 Å². The summed E-state index contributed by atoms with van der Waals surface area (Å²) in [4.78, 5) is 2.29. The van der Waals surface area contributed by atoms with E-state index in [0.717, 1.165) is 25.9 Å². The zero-order chi connectivity index (χ0) is 10.0. The molecule has 1 aliphatic heterocycles. The third-order valence-corrected chi connectivity index (χ3v) is 3.81. The van der Waals surface area contributed by atoms with Crippen molar-refractivity contribution >= 4 is 11.3 Å². The standard InChI is InChI=1S/C11H14N2S/c1-13-5-3-11(9-12,4-6-13)10-2-7-14-8-10/h2,7-8H,3-6H2,1H3. The molecule has 2 nitrogen and oxygen atoms in total. The molecule has 0 spiro atoms. The molecule has 74 valence electrons. The highest BCUT2D eigenvalue weighted by atomic mass is 32.1. The van der Waals surface area contributed by atoms with Gasteiger partial charge in [0.25, 0.3) is 0 Å². The first-order valence-electron chi connectivity index (χ1n) is 4.89. The predicted octanol–water partition coefficient (Wildman–Crippen LogP) is 2.24. The quantitative estimate of drug-likeness (QED) is 0.704. The molecule has 0 aliphatic carbocycles. The Morgan fingerprint density at radius 2 is 2.21 bits per heavy atom. The molecule has 14 heavy (non-hydrogen) atoms. The SMILES string of the molecule is CN1CCC(C#N)(c2ccsc2)CC1. The van der Waals surface area contributed by atoms with Crippen molar-refractivity contribution in [3.05, 3.63) is 22.4 Å². The highest BCUT2D eigenvalue weighted by molar-refractivity contribution is 7.08. The number of thiophene rings is 1. The highest BCUT2D eigenvalue weighted by Crippen LogP contribution is 2.35. The van der Waals surface area contributed by atoms with Gasteiger partial charge < -0.3 is 4.90 Å². The molecular weight excluding hydrogens is 192 g/mol. The van der Waals surface area contributed by atoms with E-state index in [9.17, 15) is 5.26 Å². The molecule has 0 N–H and O–H groups in total. The van der Waals surface area contributed by atoms with Crippen LogP contribution in [0.5, 0.6) is 0 Å².